The molecule has 1 aromatic carbocycles. The first-order valence-corrected chi connectivity index (χ1v) is 7.59. The summed E-state index contributed by atoms with van der Waals surface area (Å²) in [6, 6.07) is 6.70. The van der Waals surface area contributed by atoms with Crippen molar-refractivity contribution in [3.05, 3.63) is 29.8 Å². The number of urea groups is 1. The highest BCUT2D eigenvalue weighted by Crippen LogP contribution is 2.31. The number of benzene rings is 1. The van der Waals surface area contributed by atoms with Gasteiger partial charge in [-0.15, -0.1) is 0 Å². The number of rotatable bonds is 3. The van der Waals surface area contributed by atoms with Gasteiger partial charge in [0.1, 0.15) is 0 Å². The minimum absolute atomic E-state index is 0.138. The van der Waals surface area contributed by atoms with Crippen molar-refractivity contribution in [2.24, 2.45) is 5.41 Å². The van der Waals surface area contributed by atoms with Crippen LogP contribution in [0.4, 0.5) is 10.5 Å². The minimum atomic E-state index is -0.872. The summed E-state index contributed by atoms with van der Waals surface area (Å²) in [4.78, 5) is 38.6. The smallest absolute Gasteiger partial charge is 0.321 e. The molecular formula is C16H19N3O4. The maximum atomic E-state index is 12.5. The summed E-state index contributed by atoms with van der Waals surface area (Å²) in [7, 11) is 0. The molecule has 2 saturated heterocycles. The monoisotopic (exact) mass is 317 g/mol. The Morgan fingerprint density at radius 3 is 2.43 bits per heavy atom. The third-order valence-corrected chi connectivity index (χ3v) is 4.56. The lowest BCUT2D eigenvalue weighted by molar-refractivity contribution is -0.147. The van der Waals surface area contributed by atoms with Crippen molar-refractivity contribution in [2.75, 3.05) is 31.1 Å². The molecule has 0 bridgehead atoms. The Kier molecular flexibility index (Phi) is 3.71. The van der Waals surface area contributed by atoms with Gasteiger partial charge in [-0.25, -0.2) is 4.79 Å². The number of amides is 3. The van der Waals surface area contributed by atoms with E-state index in [2.05, 4.69) is 5.32 Å². The van der Waals surface area contributed by atoms with Gasteiger partial charge in [-0.3, -0.25) is 14.5 Å². The van der Waals surface area contributed by atoms with Crippen LogP contribution in [0.5, 0.6) is 0 Å². The summed E-state index contributed by atoms with van der Waals surface area (Å²) >= 11 is 0. The number of likely N-dealkylation sites (tertiary alicyclic amines) is 1. The summed E-state index contributed by atoms with van der Waals surface area (Å²) < 4.78 is 0. The summed E-state index contributed by atoms with van der Waals surface area (Å²) in [6.07, 6.45) is 0.458. The quantitative estimate of drug-likeness (QED) is 0.875. The van der Waals surface area contributed by atoms with E-state index in [-0.39, 0.29) is 18.5 Å². The number of anilines is 1. The van der Waals surface area contributed by atoms with Crippen LogP contribution in [-0.2, 0) is 4.79 Å². The Bertz CT molecular complexity index is 658. The van der Waals surface area contributed by atoms with Gasteiger partial charge in [-0.2, -0.15) is 0 Å². The first-order chi connectivity index (χ1) is 10.9. The number of hydrogen-bond acceptors (Lipinski definition) is 3. The lowest BCUT2D eigenvalue weighted by Crippen LogP contribution is -2.34. The summed E-state index contributed by atoms with van der Waals surface area (Å²) in [5.41, 5.74) is 0.375. The number of carbonyl (C=O) groups is 3. The molecular weight excluding hydrogens is 298 g/mol. The number of nitrogens with one attached hydrogen (secondary N) is 1. The van der Waals surface area contributed by atoms with Crippen molar-refractivity contribution >= 4 is 23.6 Å². The average molecular weight is 317 g/mol. The second kappa shape index (κ2) is 5.57. The van der Waals surface area contributed by atoms with E-state index >= 15 is 0 Å². The highest BCUT2D eigenvalue weighted by Gasteiger charge is 2.42. The van der Waals surface area contributed by atoms with Crippen molar-refractivity contribution in [2.45, 2.75) is 13.3 Å². The zero-order chi connectivity index (χ0) is 16.6. The lowest BCUT2D eigenvalue weighted by Gasteiger charge is -2.20. The average Bonchev–Trinajstić information content (AvgIpc) is 3.14. The first kappa shape index (κ1) is 15.3. The van der Waals surface area contributed by atoms with Crippen LogP contribution in [0.2, 0.25) is 0 Å². The molecule has 1 atom stereocenters. The standard InChI is InChI=1S/C16H19N3O4/c1-16(14(21)22)6-8-18(10-16)13(20)11-2-4-12(5-3-11)19-9-7-17-15(19)23/h2-5H,6-10H2,1H3,(H,17,23)(H,21,22)/t16-/m0/s1. The van der Waals surface area contributed by atoms with E-state index in [1.165, 1.54) is 0 Å². The molecule has 0 saturated carbocycles. The molecule has 1 aromatic rings. The second-order valence-electron chi connectivity index (χ2n) is 6.27. The first-order valence-electron chi connectivity index (χ1n) is 7.59. The molecule has 0 radical (unpaired) electrons. The molecule has 2 fully saturated rings. The summed E-state index contributed by atoms with van der Waals surface area (Å²) in [5, 5.41) is 12.0. The fourth-order valence-corrected chi connectivity index (χ4v) is 2.99. The van der Waals surface area contributed by atoms with Crippen LogP contribution in [0.15, 0.2) is 24.3 Å². The van der Waals surface area contributed by atoms with E-state index in [9.17, 15) is 19.5 Å². The van der Waals surface area contributed by atoms with E-state index in [1.54, 1.807) is 41.0 Å². The predicted octanol–water partition coefficient (Wildman–Crippen LogP) is 1.15. The number of carboxylic acids is 1. The Labute approximate surface area is 133 Å². The van der Waals surface area contributed by atoms with E-state index in [4.69, 9.17) is 0 Å². The zero-order valence-corrected chi connectivity index (χ0v) is 12.9. The maximum absolute atomic E-state index is 12.5. The molecule has 3 amide bonds. The van der Waals surface area contributed by atoms with Crippen molar-refractivity contribution < 1.29 is 19.5 Å². The number of hydrogen-bond donors (Lipinski definition) is 2. The van der Waals surface area contributed by atoms with Crippen molar-refractivity contribution in [1.82, 2.24) is 10.2 Å². The van der Waals surface area contributed by atoms with Crippen LogP contribution in [0.1, 0.15) is 23.7 Å². The molecule has 0 aromatic heterocycles. The van der Waals surface area contributed by atoms with Crippen LogP contribution in [-0.4, -0.2) is 54.1 Å². The van der Waals surface area contributed by atoms with Gasteiger partial charge in [0, 0.05) is 37.4 Å². The van der Waals surface area contributed by atoms with Gasteiger partial charge in [0.05, 0.1) is 5.41 Å². The summed E-state index contributed by atoms with van der Waals surface area (Å²) in [6.45, 7) is 3.54. The Morgan fingerprint density at radius 2 is 1.91 bits per heavy atom. The largest absolute Gasteiger partial charge is 0.481 e. The van der Waals surface area contributed by atoms with Gasteiger partial charge in [-0.05, 0) is 37.6 Å². The molecule has 23 heavy (non-hydrogen) atoms. The third kappa shape index (κ3) is 2.74. The van der Waals surface area contributed by atoms with Crippen LogP contribution >= 0.6 is 0 Å². The maximum Gasteiger partial charge on any atom is 0.321 e. The van der Waals surface area contributed by atoms with Gasteiger partial charge in [0.2, 0.25) is 0 Å². The zero-order valence-electron chi connectivity index (χ0n) is 12.9. The van der Waals surface area contributed by atoms with E-state index < -0.39 is 11.4 Å². The molecule has 7 heteroatoms. The Hall–Kier alpha value is -2.57. The van der Waals surface area contributed by atoms with Crippen LogP contribution in [0.25, 0.3) is 0 Å². The molecule has 2 aliphatic rings. The number of nitrogens with zero attached hydrogens (tertiary/aromatic N) is 2. The molecule has 0 aliphatic carbocycles. The normalized spacial score (nSPS) is 24.0. The van der Waals surface area contributed by atoms with Gasteiger partial charge < -0.3 is 15.3 Å². The molecule has 2 N–H and O–H groups in total. The van der Waals surface area contributed by atoms with Crippen molar-refractivity contribution in [3.63, 3.8) is 0 Å². The second-order valence-corrected chi connectivity index (χ2v) is 6.27. The Morgan fingerprint density at radius 1 is 1.22 bits per heavy atom. The number of carbonyl (C=O) groups excluding carboxylic acids is 2. The number of carboxylic acid groups (broad SMARTS) is 1. The fourth-order valence-electron chi connectivity index (χ4n) is 2.99. The topological polar surface area (TPSA) is 89.9 Å². The minimum Gasteiger partial charge on any atom is -0.481 e. The van der Waals surface area contributed by atoms with E-state index in [1.807, 2.05) is 0 Å². The molecule has 2 heterocycles. The number of aliphatic carboxylic acids is 1. The van der Waals surface area contributed by atoms with Gasteiger partial charge in [0.15, 0.2) is 0 Å². The van der Waals surface area contributed by atoms with Crippen LogP contribution < -0.4 is 10.2 Å². The van der Waals surface area contributed by atoms with E-state index in [0.717, 1.165) is 5.69 Å². The van der Waals surface area contributed by atoms with Gasteiger partial charge >= 0.3 is 12.0 Å². The molecule has 122 valence electrons. The molecule has 3 rings (SSSR count). The SMILES string of the molecule is C[C@]1(C(=O)O)CCN(C(=O)c2ccc(N3CCNC3=O)cc2)C1. The lowest BCUT2D eigenvalue weighted by atomic mass is 9.90. The fraction of sp³-hybridized carbons (Fsp3) is 0.438. The molecule has 2 aliphatic heterocycles. The predicted molar refractivity (Wildman–Crippen MR) is 83.5 cm³/mol. The third-order valence-electron chi connectivity index (χ3n) is 4.56. The van der Waals surface area contributed by atoms with Crippen molar-refractivity contribution in [1.29, 1.82) is 0 Å². The van der Waals surface area contributed by atoms with Gasteiger partial charge in [0.25, 0.3) is 5.91 Å². The highest BCUT2D eigenvalue weighted by molar-refractivity contribution is 5.97. The van der Waals surface area contributed by atoms with Crippen LogP contribution in [0.3, 0.4) is 0 Å². The summed E-state index contributed by atoms with van der Waals surface area (Å²) in [5.74, 6) is -1.05. The highest BCUT2D eigenvalue weighted by atomic mass is 16.4. The van der Waals surface area contributed by atoms with Gasteiger partial charge in [-0.1, -0.05) is 0 Å². The molecule has 0 unspecified atom stereocenters. The Balaban J connectivity index is 1.71. The van der Waals surface area contributed by atoms with Crippen molar-refractivity contribution in [3.8, 4) is 0 Å². The van der Waals surface area contributed by atoms with Crippen LogP contribution in [0, 0.1) is 5.41 Å². The molecule has 7 nitrogen and oxygen atoms in total. The molecule has 0 spiro atoms. The van der Waals surface area contributed by atoms with E-state index in [0.29, 0.717) is 31.6 Å².